The summed E-state index contributed by atoms with van der Waals surface area (Å²) in [5, 5.41) is 16.7. The summed E-state index contributed by atoms with van der Waals surface area (Å²) in [4.78, 5) is 12.2. The van der Waals surface area contributed by atoms with Crippen LogP contribution in [0.4, 0.5) is 0 Å². The molecule has 0 aliphatic heterocycles. The molecule has 0 aliphatic carbocycles. The van der Waals surface area contributed by atoms with Crippen molar-refractivity contribution in [1.82, 2.24) is 15.1 Å². The van der Waals surface area contributed by atoms with Crippen molar-refractivity contribution in [3.8, 4) is 6.07 Å². The highest BCUT2D eigenvalue weighted by Gasteiger charge is 2.18. The summed E-state index contributed by atoms with van der Waals surface area (Å²) in [5.41, 5.74) is 1.68. The van der Waals surface area contributed by atoms with Crippen LogP contribution >= 0.6 is 23.2 Å². The Morgan fingerprint density at radius 2 is 2.10 bits per heavy atom. The maximum atomic E-state index is 12.2. The number of benzene rings is 1. The van der Waals surface area contributed by atoms with Crippen molar-refractivity contribution >= 4 is 29.1 Å². The number of carbonyl (C=O) groups is 1. The van der Waals surface area contributed by atoms with Crippen LogP contribution in [0, 0.1) is 18.3 Å². The number of nitrogens with zero attached hydrogens (tertiary/aromatic N) is 3. The third-order valence-electron chi connectivity index (χ3n) is 2.92. The number of aryl methyl sites for hydroxylation is 2. The highest BCUT2D eigenvalue weighted by molar-refractivity contribution is 6.42. The van der Waals surface area contributed by atoms with Gasteiger partial charge in [-0.3, -0.25) is 9.48 Å². The van der Waals surface area contributed by atoms with Crippen LogP contribution in [0.15, 0.2) is 24.3 Å². The fourth-order valence-corrected chi connectivity index (χ4v) is 2.22. The van der Waals surface area contributed by atoms with Crippen LogP contribution in [0.25, 0.3) is 0 Å². The van der Waals surface area contributed by atoms with Gasteiger partial charge in [-0.1, -0.05) is 29.3 Å². The third kappa shape index (κ3) is 3.35. The van der Waals surface area contributed by atoms with Crippen LogP contribution in [0.2, 0.25) is 10.0 Å². The number of hydrogen-bond donors (Lipinski definition) is 1. The second kappa shape index (κ2) is 6.17. The van der Waals surface area contributed by atoms with E-state index in [1.807, 2.05) is 6.07 Å². The Hall–Kier alpha value is -2.03. The van der Waals surface area contributed by atoms with Crippen molar-refractivity contribution in [2.24, 2.45) is 7.05 Å². The molecule has 0 unspecified atom stereocenters. The van der Waals surface area contributed by atoms with E-state index in [1.54, 1.807) is 38.2 Å². The normalized spacial score (nSPS) is 11.8. The molecule has 1 heterocycles. The summed E-state index contributed by atoms with van der Waals surface area (Å²) in [6.07, 6.45) is 0. The maximum absolute atomic E-state index is 12.2. The number of rotatable bonds is 3. The van der Waals surface area contributed by atoms with E-state index in [2.05, 4.69) is 10.4 Å². The van der Waals surface area contributed by atoms with E-state index in [-0.39, 0.29) is 5.91 Å². The molecule has 2 aromatic rings. The van der Waals surface area contributed by atoms with Crippen molar-refractivity contribution in [2.45, 2.75) is 13.0 Å². The van der Waals surface area contributed by atoms with Gasteiger partial charge in [0.25, 0.3) is 5.91 Å². The van der Waals surface area contributed by atoms with E-state index in [0.717, 1.165) is 5.69 Å². The van der Waals surface area contributed by atoms with E-state index in [9.17, 15) is 10.1 Å². The molecule has 1 N–H and O–H groups in total. The first-order chi connectivity index (χ1) is 9.92. The Morgan fingerprint density at radius 1 is 1.38 bits per heavy atom. The van der Waals surface area contributed by atoms with Crippen molar-refractivity contribution < 1.29 is 4.79 Å². The number of hydrogen-bond acceptors (Lipinski definition) is 3. The number of aromatic nitrogens is 2. The third-order valence-corrected chi connectivity index (χ3v) is 3.66. The van der Waals surface area contributed by atoms with Crippen LogP contribution < -0.4 is 5.32 Å². The zero-order valence-electron chi connectivity index (χ0n) is 11.4. The molecule has 0 bridgehead atoms. The fraction of sp³-hybridized carbons (Fsp3) is 0.214. The summed E-state index contributed by atoms with van der Waals surface area (Å²) in [7, 11) is 1.67. The largest absolute Gasteiger partial charge is 0.331 e. The maximum Gasteiger partial charge on any atom is 0.270 e. The molecule has 1 aromatic heterocycles. The van der Waals surface area contributed by atoms with Gasteiger partial charge in [0.1, 0.15) is 11.7 Å². The molecule has 1 amide bonds. The average molecular weight is 323 g/mol. The number of carbonyl (C=O) groups excluding carboxylic acids is 1. The summed E-state index contributed by atoms with van der Waals surface area (Å²) in [5.74, 6) is -0.379. The standard InChI is InChI=1S/C14H12Cl2N4O/c1-8-5-13(20(2)19-8)14(21)18-12(7-17)9-3-4-10(15)11(16)6-9/h3-6,12H,1-2H3,(H,18,21)/t12-/m0/s1. The molecule has 108 valence electrons. The van der Waals surface area contributed by atoms with Crippen LogP contribution in [0.5, 0.6) is 0 Å². The molecule has 7 heteroatoms. The van der Waals surface area contributed by atoms with Crippen molar-refractivity contribution in [3.05, 3.63) is 51.3 Å². The van der Waals surface area contributed by atoms with Crippen LogP contribution in [-0.2, 0) is 7.05 Å². The SMILES string of the molecule is Cc1cc(C(=O)N[C@@H](C#N)c2ccc(Cl)c(Cl)c2)n(C)n1. The first kappa shape index (κ1) is 15.4. The monoisotopic (exact) mass is 322 g/mol. The summed E-state index contributed by atoms with van der Waals surface area (Å²) < 4.78 is 1.47. The summed E-state index contributed by atoms with van der Waals surface area (Å²) >= 11 is 11.8. The smallest absolute Gasteiger partial charge is 0.270 e. The van der Waals surface area contributed by atoms with Gasteiger partial charge in [-0.05, 0) is 30.7 Å². The molecular formula is C14H12Cl2N4O. The van der Waals surface area contributed by atoms with Crippen LogP contribution in [-0.4, -0.2) is 15.7 Å². The first-order valence-electron chi connectivity index (χ1n) is 6.08. The second-order valence-corrected chi connectivity index (χ2v) is 5.32. The Balaban J connectivity index is 2.23. The van der Waals surface area contributed by atoms with Gasteiger partial charge >= 0.3 is 0 Å². The molecule has 0 spiro atoms. The van der Waals surface area contributed by atoms with Gasteiger partial charge in [-0.2, -0.15) is 10.4 Å². The van der Waals surface area contributed by atoms with E-state index in [4.69, 9.17) is 23.2 Å². The lowest BCUT2D eigenvalue weighted by molar-refractivity contribution is 0.0935. The zero-order chi connectivity index (χ0) is 15.6. The molecule has 2 rings (SSSR count). The zero-order valence-corrected chi connectivity index (χ0v) is 12.9. The highest BCUT2D eigenvalue weighted by atomic mass is 35.5. The Bertz CT molecular complexity index is 733. The molecule has 1 aromatic carbocycles. The molecule has 0 saturated heterocycles. The van der Waals surface area contributed by atoms with E-state index >= 15 is 0 Å². The summed E-state index contributed by atoms with van der Waals surface area (Å²) in [6, 6.07) is 7.66. The predicted molar refractivity (Wildman–Crippen MR) is 80.2 cm³/mol. The quantitative estimate of drug-likeness (QED) is 0.944. The van der Waals surface area contributed by atoms with Gasteiger partial charge in [0.15, 0.2) is 0 Å². The molecule has 5 nitrogen and oxygen atoms in total. The topological polar surface area (TPSA) is 70.7 Å². The van der Waals surface area contributed by atoms with Gasteiger partial charge in [0, 0.05) is 7.05 Å². The van der Waals surface area contributed by atoms with Crippen molar-refractivity contribution in [2.75, 3.05) is 0 Å². The van der Waals surface area contributed by atoms with Crippen LogP contribution in [0.1, 0.15) is 27.8 Å². The van der Waals surface area contributed by atoms with Gasteiger partial charge in [0.05, 0.1) is 21.8 Å². The van der Waals surface area contributed by atoms with Gasteiger partial charge in [-0.15, -0.1) is 0 Å². The van der Waals surface area contributed by atoms with E-state index in [1.165, 1.54) is 4.68 Å². The minimum absolute atomic E-state index is 0.333. The van der Waals surface area contributed by atoms with Gasteiger partial charge < -0.3 is 5.32 Å². The lowest BCUT2D eigenvalue weighted by Gasteiger charge is -2.12. The fourth-order valence-electron chi connectivity index (χ4n) is 1.91. The molecule has 0 fully saturated rings. The van der Waals surface area contributed by atoms with Gasteiger partial charge in [0.2, 0.25) is 0 Å². The average Bonchev–Trinajstić information content (AvgIpc) is 2.78. The molecule has 0 aliphatic rings. The Labute approximate surface area is 132 Å². The Kier molecular flexibility index (Phi) is 4.51. The molecule has 1 atom stereocenters. The second-order valence-electron chi connectivity index (χ2n) is 4.50. The number of nitriles is 1. The molecule has 0 saturated carbocycles. The van der Waals surface area contributed by atoms with E-state index in [0.29, 0.717) is 21.3 Å². The van der Waals surface area contributed by atoms with Crippen molar-refractivity contribution in [1.29, 1.82) is 5.26 Å². The molecular weight excluding hydrogens is 311 g/mol. The highest BCUT2D eigenvalue weighted by Crippen LogP contribution is 2.25. The van der Waals surface area contributed by atoms with E-state index < -0.39 is 6.04 Å². The minimum atomic E-state index is -0.817. The number of halogens is 2. The van der Waals surface area contributed by atoms with Gasteiger partial charge in [-0.25, -0.2) is 0 Å². The Morgan fingerprint density at radius 3 is 2.62 bits per heavy atom. The predicted octanol–water partition coefficient (Wildman–Crippen LogP) is 3.03. The van der Waals surface area contributed by atoms with Crippen molar-refractivity contribution in [3.63, 3.8) is 0 Å². The number of amides is 1. The molecule has 0 radical (unpaired) electrons. The molecule has 21 heavy (non-hydrogen) atoms. The summed E-state index contributed by atoms with van der Waals surface area (Å²) in [6.45, 7) is 1.79. The first-order valence-corrected chi connectivity index (χ1v) is 6.84. The minimum Gasteiger partial charge on any atom is -0.331 e. The lowest BCUT2D eigenvalue weighted by Crippen LogP contribution is -2.29. The lowest BCUT2D eigenvalue weighted by atomic mass is 10.1. The number of nitrogens with one attached hydrogen (secondary N) is 1. The van der Waals surface area contributed by atoms with Crippen LogP contribution in [0.3, 0.4) is 0 Å².